The van der Waals surface area contributed by atoms with Gasteiger partial charge in [0, 0.05) is 18.2 Å². The van der Waals surface area contributed by atoms with Gasteiger partial charge >= 0.3 is 0 Å². The summed E-state index contributed by atoms with van der Waals surface area (Å²) in [5, 5.41) is 4.63. The molecule has 0 unspecified atom stereocenters. The summed E-state index contributed by atoms with van der Waals surface area (Å²) in [5.41, 5.74) is 1.68. The standard InChI is InChI=1S/C19H18ClN5O3/c1-10(2)25-13-8-11(20)4-5-12(13)24-9-21-14(15(24)17(25)26)16-22-18(28-23-16)19(27-3)6-7-19/h4-5,8-10H,6-7H2,1-3H3. The molecule has 0 N–H and O–H groups in total. The maximum atomic E-state index is 13.4. The summed E-state index contributed by atoms with van der Waals surface area (Å²) in [6.45, 7) is 3.91. The maximum absolute atomic E-state index is 13.4. The Morgan fingerprint density at radius 3 is 2.75 bits per heavy atom. The summed E-state index contributed by atoms with van der Waals surface area (Å²) in [5.74, 6) is 0.699. The molecule has 9 heteroatoms. The topological polar surface area (TPSA) is 87.5 Å². The number of nitrogens with zero attached hydrogens (tertiary/aromatic N) is 5. The highest BCUT2D eigenvalue weighted by molar-refractivity contribution is 6.31. The number of imidazole rings is 1. The number of fused-ring (bicyclic) bond motifs is 3. The van der Waals surface area contributed by atoms with Gasteiger partial charge in [0.25, 0.3) is 11.4 Å². The molecule has 1 saturated carbocycles. The lowest BCUT2D eigenvalue weighted by Crippen LogP contribution is -2.24. The molecular weight excluding hydrogens is 382 g/mol. The van der Waals surface area contributed by atoms with Crippen molar-refractivity contribution in [3.63, 3.8) is 0 Å². The van der Waals surface area contributed by atoms with E-state index in [9.17, 15) is 4.79 Å². The van der Waals surface area contributed by atoms with Crippen LogP contribution in [0.3, 0.4) is 0 Å². The summed E-state index contributed by atoms with van der Waals surface area (Å²) < 4.78 is 14.4. The van der Waals surface area contributed by atoms with Gasteiger partial charge in [-0.2, -0.15) is 4.98 Å². The van der Waals surface area contributed by atoms with E-state index >= 15 is 0 Å². The molecular formula is C19H18ClN5O3. The summed E-state index contributed by atoms with van der Waals surface area (Å²) in [7, 11) is 1.63. The first-order valence-corrected chi connectivity index (χ1v) is 9.43. The lowest BCUT2D eigenvalue weighted by atomic mass is 10.2. The molecule has 0 radical (unpaired) electrons. The zero-order chi connectivity index (χ0) is 19.6. The van der Waals surface area contributed by atoms with Crippen molar-refractivity contribution in [3.8, 4) is 11.5 Å². The van der Waals surface area contributed by atoms with E-state index in [1.54, 1.807) is 34.5 Å². The minimum atomic E-state index is -0.498. The van der Waals surface area contributed by atoms with Gasteiger partial charge in [-0.25, -0.2) is 4.98 Å². The van der Waals surface area contributed by atoms with Gasteiger partial charge in [0.1, 0.15) is 23.1 Å². The maximum Gasteiger partial charge on any atom is 0.278 e. The van der Waals surface area contributed by atoms with E-state index in [0.29, 0.717) is 22.1 Å². The zero-order valence-corrected chi connectivity index (χ0v) is 16.4. The predicted octanol–water partition coefficient (Wildman–Crippen LogP) is 3.57. The van der Waals surface area contributed by atoms with Gasteiger partial charge in [-0.05, 0) is 44.9 Å². The molecule has 3 aromatic heterocycles. The average molecular weight is 400 g/mol. The van der Waals surface area contributed by atoms with E-state index in [4.69, 9.17) is 20.9 Å². The second-order valence-corrected chi connectivity index (χ2v) is 7.77. The Bertz CT molecular complexity index is 1280. The summed E-state index contributed by atoms with van der Waals surface area (Å²) in [6, 6.07) is 5.39. The van der Waals surface area contributed by atoms with Crippen LogP contribution in [0.1, 0.15) is 38.6 Å². The van der Waals surface area contributed by atoms with Crippen LogP contribution in [-0.2, 0) is 10.3 Å². The van der Waals surface area contributed by atoms with Crippen molar-refractivity contribution in [2.45, 2.75) is 38.3 Å². The Morgan fingerprint density at radius 1 is 1.29 bits per heavy atom. The smallest absolute Gasteiger partial charge is 0.278 e. The van der Waals surface area contributed by atoms with Crippen molar-refractivity contribution in [3.05, 3.63) is 45.8 Å². The Balaban J connectivity index is 1.80. The molecule has 0 bridgehead atoms. The van der Waals surface area contributed by atoms with E-state index in [0.717, 1.165) is 23.9 Å². The van der Waals surface area contributed by atoms with Crippen LogP contribution in [0.2, 0.25) is 5.02 Å². The SMILES string of the molecule is COC1(c2nc(-c3ncn4c3c(=O)n(C(C)C)c3cc(Cl)ccc34)no2)CC1. The van der Waals surface area contributed by atoms with E-state index in [2.05, 4.69) is 15.1 Å². The molecule has 0 aliphatic heterocycles. The van der Waals surface area contributed by atoms with Gasteiger partial charge in [-0.1, -0.05) is 16.8 Å². The lowest BCUT2D eigenvalue weighted by Gasteiger charge is -2.15. The van der Waals surface area contributed by atoms with E-state index in [1.165, 1.54) is 0 Å². The molecule has 3 heterocycles. The van der Waals surface area contributed by atoms with Gasteiger partial charge in [0.15, 0.2) is 0 Å². The molecule has 8 nitrogen and oxygen atoms in total. The third-order valence-electron chi connectivity index (χ3n) is 5.28. The molecule has 5 rings (SSSR count). The van der Waals surface area contributed by atoms with Gasteiger partial charge < -0.3 is 13.8 Å². The van der Waals surface area contributed by atoms with Crippen LogP contribution in [0.15, 0.2) is 33.8 Å². The van der Waals surface area contributed by atoms with Crippen LogP contribution in [0.25, 0.3) is 28.1 Å². The summed E-state index contributed by atoms with van der Waals surface area (Å²) >= 11 is 6.18. The summed E-state index contributed by atoms with van der Waals surface area (Å²) in [6.07, 6.45) is 3.27. The minimum Gasteiger partial charge on any atom is -0.368 e. The number of hydrogen-bond acceptors (Lipinski definition) is 6. The van der Waals surface area contributed by atoms with Crippen LogP contribution >= 0.6 is 11.6 Å². The number of rotatable bonds is 4. The predicted molar refractivity (Wildman–Crippen MR) is 104 cm³/mol. The van der Waals surface area contributed by atoms with Crippen molar-refractivity contribution >= 4 is 28.2 Å². The van der Waals surface area contributed by atoms with E-state index in [1.807, 2.05) is 19.9 Å². The third kappa shape index (κ3) is 2.34. The number of halogens is 1. The minimum absolute atomic E-state index is 0.0646. The first kappa shape index (κ1) is 17.4. The fourth-order valence-corrected chi connectivity index (χ4v) is 3.82. The van der Waals surface area contributed by atoms with Crippen LogP contribution in [-0.4, -0.2) is 31.2 Å². The normalized spacial score (nSPS) is 15.8. The van der Waals surface area contributed by atoms with E-state index in [-0.39, 0.29) is 17.4 Å². The highest BCUT2D eigenvalue weighted by Gasteiger charge is 2.50. The fraction of sp³-hybridized carbons (Fsp3) is 0.368. The molecule has 1 fully saturated rings. The van der Waals surface area contributed by atoms with E-state index < -0.39 is 5.60 Å². The van der Waals surface area contributed by atoms with Crippen molar-refractivity contribution < 1.29 is 9.26 Å². The number of methoxy groups -OCH3 is 1. The second-order valence-electron chi connectivity index (χ2n) is 7.34. The molecule has 144 valence electrons. The van der Waals surface area contributed by atoms with Crippen molar-refractivity contribution in [2.75, 3.05) is 7.11 Å². The number of benzene rings is 1. The molecule has 0 atom stereocenters. The Kier molecular flexibility index (Phi) is 3.66. The van der Waals surface area contributed by atoms with Crippen molar-refractivity contribution in [1.82, 2.24) is 24.1 Å². The zero-order valence-electron chi connectivity index (χ0n) is 15.6. The Morgan fingerprint density at radius 2 is 2.07 bits per heavy atom. The van der Waals surface area contributed by atoms with Crippen LogP contribution in [0.5, 0.6) is 0 Å². The first-order chi connectivity index (χ1) is 13.4. The largest absolute Gasteiger partial charge is 0.368 e. The number of hydrogen-bond donors (Lipinski definition) is 0. The number of ether oxygens (including phenoxy) is 1. The van der Waals surface area contributed by atoms with Crippen LogP contribution < -0.4 is 5.56 Å². The quantitative estimate of drug-likeness (QED) is 0.521. The van der Waals surface area contributed by atoms with Crippen molar-refractivity contribution in [2.24, 2.45) is 0 Å². The molecule has 1 aromatic carbocycles. The molecule has 0 amide bonds. The highest BCUT2D eigenvalue weighted by Crippen LogP contribution is 2.48. The summed E-state index contributed by atoms with van der Waals surface area (Å²) in [4.78, 5) is 22.3. The van der Waals surface area contributed by atoms with Gasteiger partial charge in [0.2, 0.25) is 5.82 Å². The number of aromatic nitrogens is 5. The third-order valence-corrected chi connectivity index (χ3v) is 5.52. The molecule has 4 aromatic rings. The fourth-order valence-electron chi connectivity index (χ4n) is 3.65. The second kappa shape index (κ2) is 5.89. The molecule has 1 aliphatic rings. The molecule has 0 spiro atoms. The van der Waals surface area contributed by atoms with Gasteiger partial charge in [0.05, 0.1) is 11.0 Å². The monoisotopic (exact) mass is 399 g/mol. The van der Waals surface area contributed by atoms with Gasteiger partial charge in [-0.15, -0.1) is 0 Å². The Labute approximate surface area is 164 Å². The molecule has 0 saturated heterocycles. The van der Waals surface area contributed by atoms with Gasteiger partial charge in [-0.3, -0.25) is 9.20 Å². The average Bonchev–Trinajstić information content (AvgIpc) is 3.10. The lowest BCUT2D eigenvalue weighted by molar-refractivity contribution is 0.0492. The van der Waals surface area contributed by atoms with Crippen LogP contribution in [0, 0.1) is 0 Å². The first-order valence-electron chi connectivity index (χ1n) is 9.06. The van der Waals surface area contributed by atoms with Crippen LogP contribution in [0.4, 0.5) is 0 Å². The highest BCUT2D eigenvalue weighted by atomic mass is 35.5. The molecule has 1 aliphatic carbocycles. The van der Waals surface area contributed by atoms with Crippen molar-refractivity contribution in [1.29, 1.82) is 0 Å². The molecule has 28 heavy (non-hydrogen) atoms. The Hall–Kier alpha value is -2.71.